The van der Waals surface area contributed by atoms with E-state index < -0.39 is 6.17 Å². The van der Waals surface area contributed by atoms with Crippen LogP contribution in [-0.2, 0) is 9.63 Å². The lowest BCUT2D eigenvalue weighted by Crippen LogP contribution is -2.34. The highest BCUT2D eigenvalue weighted by Gasteiger charge is 2.32. The predicted octanol–water partition coefficient (Wildman–Crippen LogP) is 2.43. The quantitative estimate of drug-likeness (QED) is 0.635. The van der Waals surface area contributed by atoms with E-state index in [-0.39, 0.29) is 5.78 Å². The van der Waals surface area contributed by atoms with E-state index in [0.29, 0.717) is 12.4 Å². The Bertz CT molecular complexity index is 314. The van der Waals surface area contributed by atoms with Gasteiger partial charge in [-0.15, -0.1) is 5.06 Å². The second kappa shape index (κ2) is 8.15. The zero-order valence-corrected chi connectivity index (χ0v) is 12.7. The first kappa shape index (κ1) is 16.0. The van der Waals surface area contributed by atoms with Crippen molar-refractivity contribution in [1.29, 1.82) is 0 Å². The van der Waals surface area contributed by atoms with Crippen molar-refractivity contribution in [3.63, 3.8) is 0 Å². The second-order valence-electron chi connectivity index (χ2n) is 4.87. The number of carbonyl (C=O) groups excluding carboxylic acids is 1. The van der Waals surface area contributed by atoms with Crippen molar-refractivity contribution in [2.75, 3.05) is 20.1 Å². The van der Waals surface area contributed by atoms with Crippen molar-refractivity contribution in [2.24, 2.45) is 4.99 Å². The maximum absolute atomic E-state index is 12.1. The van der Waals surface area contributed by atoms with Crippen LogP contribution in [-0.4, -0.2) is 48.1 Å². The Morgan fingerprint density at radius 3 is 2.53 bits per heavy atom. The number of carbonyl (C=O) groups is 1. The maximum Gasteiger partial charge on any atom is 0.310 e. The van der Waals surface area contributed by atoms with Crippen molar-refractivity contribution < 1.29 is 9.63 Å². The van der Waals surface area contributed by atoms with Gasteiger partial charge in [0, 0.05) is 26.6 Å². The lowest BCUT2D eigenvalue weighted by molar-refractivity contribution is -0.135. The van der Waals surface area contributed by atoms with E-state index in [2.05, 4.69) is 25.8 Å². The van der Waals surface area contributed by atoms with Gasteiger partial charge in [-0.05, 0) is 20.3 Å². The first-order valence-electron chi connectivity index (χ1n) is 7.40. The van der Waals surface area contributed by atoms with Crippen LogP contribution in [0.3, 0.4) is 0 Å². The van der Waals surface area contributed by atoms with Crippen LogP contribution in [0.4, 0.5) is 0 Å². The highest BCUT2D eigenvalue weighted by Crippen LogP contribution is 2.16. The molecular formula is C14H27N3O2. The average Bonchev–Trinajstić information content (AvgIpc) is 2.78. The Balaban J connectivity index is 2.50. The summed E-state index contributed by atoms with van der Waals surface area (Å²) in [6, 6.07) is 0.569. The summed E-state index contributed by atoms with van der Waals surface area (Å²) in [7, 11) is 1.77. The molecule has 5 nitrogen and oxygen atoms in total. The average molecular weight is 269 g/mol. The third kappa shape index (κ3) is 4.49. The van der Waals surface area contributed by atoms with Gasteiger partial charge in [0.05, 0.1) is 0 Å². The van der Waals surface area contributed by atoms with Crippen LogP contribution in [0.2, 0.25) is 0 Å². The number of hydrogen-bond acceptors (Lipinski definition) is 5. The molecule has 1 rings (SSSR count). The lowest BCUT2D eigenvalue weighted by Gasteiger charge is -2.20. The zero-order chi connectivity index (χ0) is 14.3. The van der Waals surface area contributed by atoms with Gasteiger partial charge in [-0.1, -0.05) is 26.2 Å². The molecule has 5 heteroatoms. The van der Waals surface area contributed by atoms with Crippen molar-refractivity contribution in [3.05, 3.63) is 0 Å². The topological polar surface area (TPSA) is 45.1 Å². The number of hydrogen-bond donors (Lipinski definition) is 0. The Hall–Kier alpha value is -1.10. The highest BCUT2D eigenvalue weighted by molar-refractivity contribution is 5.88. The smallest absolute Gasteiger partial charge is 0.310 e. The molecule has 0 bridgehead atoms. The molecule has 110 valence electrons. The number of ketones is 1. The highest BCUT2D eigenvalue weighted by atomic mass is 16.7. The minimum atomic E-state index is -0.461. The van der Waals surface area contributed by atoms with Crippen molar-refractivity contribution in [3.8, 4) is 0 Å². The Morgan fingerprint density at radius 1 is 1.26 bits per heavy atom. The molecule has 0 radical (unpaired) electrons. The molecule has 0 saturated heterocycles. The second-order valence-corrected chi connectivity index (χ2v) is 4.87. The summed E-state index contributed by atoms with van der Waals surface area (Å²) in [5, 5.41) is 1.57. The molecule has 0 fully saturated rings. The monoisotopic (exact) mass is 269 g/mol. The van der Waals surface area contributed by atoms with Crippen LogP contribution in [0, 0.1) is 0 Å². The van der Waals surface area contributed by atoms with E-state index in [9.17, 15) is 4.79 Å². The van der Waals surface area contributed by atoms with E-state index in [1.807, 2.05) is 4.90 Å². The summed E-state index contributed by atoms with van der Waals surface area (Å²) >= 11 is 0. The summed E-state index contributed by atoms with van der Waals surface area (Å²) in [5.74, 6) is 0.153. The molecule has 19 heavy (non-hydrogen) atoms. The van der Waals surface area contributed by atoms with Crippen LogP contribution < -0.4 is 0 Å². The number of aliphatic imine (C=N–C) groups is 1. The van der Waals surface area contributed by atoms with E-state index in [1.165, 1.54) is 12.8 Å². The predicted molar refractivity (Wildman–Crippen MR) is 76.8 cm³/mol. The van der Waals surface area contributed by atoms with Gasteiger partial charge < -0.3 is 9.74 Å². The summed E-state index contributed by atoms with van der Waals surface area (Å²) in [4.78, 5) is 24.1. The molecule has 0 amide bonds. The molecule has 0 aliphatic carbocycles. The van der Waals surface area contributed by atoms with Gasteiger partial charge in [-0.25, -0.2) is 4.99 Å². The van der Waals surface area contributed by atoms with Gasteiger partial charge in [-0.2, -0.15) is 0 Å². The van der Waals surface area contributed by atoms with Crippen LogP contribution in [0.1, 0.15) is 52.9 Å². The van der Waals surface area contributed by atoms with Crippen molar-refractivity contribution in [1.82, 2.24) is 9.96 Å². The molecule has 0 spiro atoms. The molecule has 1 aliphatic rings. The van der Waals surface area contributed by atoms with Crippen LogP contribution >= 0.6 is 0 Å². The van der Waals surface area contributed by atoms with Crippen LogP contribution in [0.25, 0.3) is 0 Å². The number of unbranched alkanes of at least 4 members (excludes halogenated alkanes) is 3. The number of hydroxylamine groups is 2. The number of nitrogens with zero attached hydrogens (tertiary/aromatic N) is 3. The largest absolute Gasteiger partial charge is 0.365 e. The molecule has 0 saturated carbocycles. The van der Waals surface area contributed by atoms with Gasteiger partial charge >= 0.3 is 6.02 Å². The standard InChI is InChI=1S/C14H27N3O2/c1-5-8-9-10-11-12(18)13-15-14(19-16(13)4)17(6-2)7-3/h13H,5-11H2,1-4H3. The molecule has 0 aromatic carbocycles. The summed E-state index contributed by atoms with van der Waals surface area (Å²) in [6.07, 6.45) is 4.58. The van der Waals surface area contributed by atoms with E-state index in [0.717, 1.165) is 25.9 Å². The summed E-state index contributed by atoms with van der Waals surface area (Å²) in [5.41, 5.74) is 0. The molecule has 0 aromatic heterocycles. The van der Waals surface area contributed by atoms with E-state index in [1.54, 1.807) is 12.1 Å². The van der Waals surface area contributed by atoms with E-state index >= 15 is 0 Å². The van der Waals surface area contributed by atoms with Crippen molar-refractivity contribution >= 4 is 11.8 Å². The van der Waals surface area contributed by atoms with E-state index in [4.69, 9.17) is 4.84 Å². The lowest BCUT2D eigenvalue weighted by atomic mass is 10.1. The van der Waals surface area contributed by atoms with Crippen molar-refractivity contribution in [2.45, 2.75) is 59.0 Å². The molecular weight excluding hydrogens is 242 g/mol. The first-order chi connectivity index (χ1) is 9.13. The molecule has 1 heterocycles. The van der Waals surface area contributed by atoms with Gasteiger partial charge in [0.1, 0.15) is 0 Å². The van der Waals surface area contributed by atoms with Gasteiger partial charge in [0.15, 0.2) is 11.9 Å². The molecule has 1 unspecified atom stereocenters. The van der Waals surface area contributed by atoms with Gasteiger partial charge in [-0.3, -0.25) is 4.79 Å². The maximum atomic E-state index is 12.1. The number of rotatable bonds is 8. The Kier molecular flexibility index (Phi) is 6.84. The fourth-order valence-corrected chi connectivity index (χ4v) is 2.15. The number of likely N-dealkylation sites (N-methyl/N-ethyl adjacent to an activating group) is 1. The Labute approximate surface area is 116 Å². The van der Waals surface area contributed by atoms with Gasteiger partial charge in [0.25, 0.3) is 0 Å². The SMILES string of the molecule is CCCCCCC(=O)C1N=C(N(CC)CC)ON1C. The Morgan fingerprint density at radius 2 is 1.95 bits per heavy atom. The normalized spacial score (nSPS) is 19.2. The van der Waals surface area contributed by atoms with Crippen LogP contribution in [0.5, 0.6) is 0 Å². The van der Waals surface area contributed by atoms with Gasteiger partial charge in [0.2, 0.25) is 0 Å². The number of Topliss-reactive ketones (excluding diaryl/α,β-unsaturated/α-hetero) is 1. The minimum Gasteiger partial charge on any atom is -0.365 e. The fourth-order valence-electron chi connectivity index (χ4n) is 2.15. The summed E-state index contributed by atoms with van der Waals surface area (Å²) < 4.78 is 0. The zero-order valence-electron chi connectivity index (χ0n) is 12.7. The minimum absolute atomic E-state index is 0.153. The molecule has 1 atom stereocenters. The summed E-state index contributed by atoms with van der Waals surface area (Å²) in [6.45, 7) is 7.94. The molecule has 0 N–H and O–H groups in total. The fraction of sp³-hybridized carbons (Fsp3) is 0.857. The molecule has 1 aliphatic heterocycles. The number of amidine groups is 1. The molecule has 0 aromatic rings. The third-order valence-corrected chi connectivity index (χ3v) is 3.40. The first-order valence-corrected chi connectivity index (χ1v) is 7.40. The van der Waals surface area contributed by atoms with Crippen LogP contribution in [0.15, 0.2) is 4.99 Å². The third-order valence-electron chi connectivity index (χ3n) is 3.40.